The summed E-state index contributed by atoms with van der Waals surface area (Å²) in [5.74, 6) is 3.19. The van der Waals surface area contributed by atoms with E-state index in [1.807, 2.05) is 0 Å². The van der Waals surface area contributed by atoms with E-state index in [1.165, 1.54) is 48.9 Å². The highest BCUT2D eigenvalue weighted by atomic mass is 16.5. The van der Waals surface area contributed by atoms with Crippen LogP contribution in [-0.4, -0.2) is 32.1 Å². The zero-order chi connectivity index (χ0) is 23.0. The molecule has 1 heterocycles. The molecule has 0 radical (unpaired) electrons. The average molecular weight is 446 g/mol. The number of carbonyl (C=O) groups excluding carboxylic acids is 1. The van der Waals surface area contributed by atoms with Gasteiger partial charge in [0.1, 0.15) is 0 Å². The molecule has 0 amide bonds. The summed E-state index contributed by atoms with van der Waals surface area (Å²) in [6.45, 7) is 7.89. The van der Waals surface area contributed by atoms with Crippen molar-refractivity contribution in [3.63, 3.8) is 0 Å². The van der Waals surface area contributed by atoms with E-state index < -0.39 is 0 Å². The number of nitrogens with zero attached hydrogens (tertiary/aromatic N) is 1. The van der Waals surface area contributed by atoms with Crippen LogP contribution in [0.3, 0.4) is 0 Å². The Labute approximate surface area is 199 Å². The van der Waals surface area contributed by atoms with Gasteiger partial charge in [0.25, 0.3) is 0 Å². The van der Waals surface area contributed by atoms with Crippen molar-refractivity contribution < 1.29 is 9.53 Å². The second-order valence-electron chi connectivity index (χ2n) is 11.9. The summed E-state index contributed by atoms with van der Waals surface area (Å²) in [5.41, 5.74) is 6.43. The SMILES string of the molecule is C=C1CCO[C@@]12CC[C@H]1[C@@H]3CCC4=C(c5ccccc5N(C)C)C(=O)CC[C@@H]4[C@H]3CC[C@@]12C. The smallest absolute Gasteiger partial charge is 0.163 e. The molecule has 1 aromatic carbocycles. The van der Waals surface area contributed by atoms with Gasteiger partial charge in [-0.25, -0.2) is 0 Å². The van der Waals surface area contributed by atoms with Gasteiger partial charge in [0.05, 0.1) is 12.2 Å². The number of carbonyl (C=O) groups is 1. The molecule has 0 unspecified atom stereocenters. The molecule has 6 atom stereocenters. The Morgan fingerprint density at radius 2 is 1.82 bits per heavy atom. The Kier molecular flexibility index (Phi) is 4.96. The van der Waals surface area contributed by atoms with Crippen LogP contribution in [0.15, 0.2) is 42.0 Å². The molecule has 1 spiro atoms. The topological polar surface area (TPSA) is 29.5 Å². The maximum Gasteiger partial charge on any atom is 0.163 e. The standard InChI is InChI=1S/C30H39NO2/c1-19-15-18-33-30(19)17-14-25-22-9-10-23-20(21(22)13-16-29(25,30)2)11-12-27(32)28(23)24-7-5-6-8-26(24)31(3)4/h5-8,20-22,25H,1,9-18H2,2-4H3/t20-,21-,22-,25+,29+,30+/m1/s1. The van der Waals surface area contributed by atoms with Gasteiger partial charge in [-0.15, -0.1) is 0 Å². The summed E-state index contributed by atoms with van der Waals surface area (Å²) in [6.07, 6.45) is 10.1. The number of ether oxygens (including phenoxy) is 1. The number of para-hydroxylation sites is 1. The normalized spacial score (nSPS) is 40.1. The lowest BCUT2D eigenvalue weighted by molar-refractivity contribution is -0.117. The maximum atomic E-state index is 13.3. The highest BCUT2D eigenvalue weighted by molar-refractivity contribution is 6.23. The molecule has 0 bridgehead atoms. The maximum absolute atomic E-state index is 13.3. The summed E-state index contributed by atoms with van der Waals surface area (Å²) in [5, 5.41) is 0. The van der Waals surface area contributed by atoms with Crippen molar-refractivity contribution in [2.45, 2.75) is 70.3 Å². The van der Waals surface area contributed by atoms with Crippen LogP contribution in [0.2, 0.25) is 0 Å². The molecular formula is C30H39NO2. The molecule has 1 aromatic rings. The lowest BCUT2D eigenvalue weighted by atomic mass is 9.49. The summed E-state index contributed by atoms with van der Waals surface area (Å²) < 4.78 is 6.54. The first kappa shape index (κ1) is 21.6. The fourth-order valence-corrected chi connectivity index (χ4v) is 9.15. The number of fused-ring (bicyclic) bond motifs is 6. The van der Waals surface area contributed by atoms with Gasteiger partial charge in [0.15, 0.2) is 5.78 Å². The zero-order valence-electron chi connectivity index (χ0n) is 20.7. The number of allylic oxidation sites excluding steroid dienone is 1. The third-order valence-electron chi connectivity index (χ3n) is 10.6. The van der Waals surface area contributed by atoms with E-state index in [4.69, 9.17) is 4.74 Å². The summed E-state index contributed by atoms with van der Waals surface area (Å²) in [6, 6.07) is 8.51. The molecule has 33 heavy (non-hydrogen) atoms. The minimum absolute atomic E-state index is 0.0584. The first-order valence-corrected chi connectivity index (χ1v) is 13.2. The van der Waals surface area contributed by atoms with Crippen LogP contribution in [-0.2, 0) is 9.53 Å². The molecule has 6 rings (SSSR count). The zero-order valence-corrected chi connectivity index (χ0v) is 20.7. The van der Waals surface area contributed by atoms with Crippen molar-refractivity contribution in [1.82, 2.24) is 0 Å². The van der Waals surface area contributed by atoms with Gasteiger partial charge in [-0.1, -0.05) is 37.3 Å². The molecule has 176 valence electrons. The monoisotopic (exact) mass is 445 g/mol. The van der Waals surface area contributed by atoms with Crippen LogP contribution in [0.5, 0.6) is 0 Å². The Hall–Kier alpha value is -1.87. The van der Waals surface area contributed by atoms with Gasteiger partial charge < -0.3 is 9.64 Å². The predicted octanol–water partition coefficient (Wildman–Crippen LogP) is 6.44. The van der Waals surface area contributed by atoms with Gasteiger partial charge in [-0.3, -0.25) is 4.79 Å². The van der Waals surface area contributed by atoms with Gasteiger partial charge in [0, 0.05) is 42.8 Å². The quantitative estimate of drug-likeness (QED) is 0.491. The summed E-state index contributed by atoms with van der Waals surface area (Å²) >= 11 is 0. The molecule has 3 nitrogen and oxygen atoms in total. The van der Waals surface area contributed by atoms with Crippen molar-refractivity contribution in [1.29, 1.82) is 0 Å². The highest BCUT2D eigenvalue weighted by Crippen LogP contribution is 2.68. The molecule has 3 saturated carbocycles. The third kappa shape index (κ3) is 2.87. The van der Waals surface area contributed by atoms with Crippen molar-refractivity contribution >= 4 is 17.0 Å². The number of benzene rings is 1. The van der Waals surface area contributed by atoms with Crippen LogP contribution in [0, 0.1) is 29.1 Å². The minimum atomic E-state index is -0.0584. The molecule has 4 fully saturated rings. The molecule has 4 aliphatic carbocycles. The summed E-state index contributed by atoms with van der Waals surface area (Å²) in [4.78, 5) is 15.5. The molecular weight excluding hydrogens is 406 g/mol. The molecule has 0 aromatic heterocycles. The van der Waals surface area contributed by atoms with E-state index in [9.17, 15) is 4.79 Å². The lowest BCUT2D eigenvalue weighted by Gasteiger charge is -2.56. The van der Waals surface area contributed by atoms with E-state index >= 15 is 0 Å². The Morgan fingerprint density at radius 1 is 1.00 bits per heavy atom. The van der Waals surface area contributed by atoms with Gasteiger partial charge in [-0.05, 0) is 86.7 Å². The van der Waals surface area contributed by atoms with Crippen LogP contribution >= 0.6 is 0 Å². The van der Waals surface area contributed by atoms with E-state index in [0.29, 0.717) is 18.1 Å². The molecule has 5 aliphatic rings. The van der Waals surface area contributed by atoms with E-state index in [-0.39, 0.29) is 11.0 Å². The van der Waals surface area contributed by atoms with Gasteiger partial charge >= 0.3 is 0 Å². The first-order chi connectivity index (χ1) is 15.9. The second kappa shape index (κ2) is 7.57. The van der Waals surface area contributed by atoms with Gasteiger partial charge in [-0.2, -0.15) is 0 Å². The highest BCUT2D eigenvalue weighted by Gasteiger charge is 2.65. The Morgan fingerprint density at radius 3 is 2.58 bits per heavy atom. The van der Waals surface area contributed by atoms with Gasteiger partial charge in [0.2, 0.25) is 0 Å². The molecule has 3 heteroatoms. The number of Topliss-reactive ketones (excluding diaryl/α,β-unsaturated/α-hetero) is 1. The number of hydrogen-bond acceptors (Lipinski definition) is 3. The fourth-order valence-electron chi connectivity index (χ4n) is 9.15. The van der Waals surface area contributed by atoms with E-state index in [1.54, 1.807) is 0 Å². The first-order valence-electron chi connectivity index (χ1n) is 13.2. The predicted molar refractivity (Wildman–Crippen MR) is 134 cm³/mol. The van der Waals surface area contributed by atoms with Crippen LogP contribution < -0.4 is 4.90 Å². The average Bonchev–Trinajstić information content (AvgIpc) is 3.34. The molecule has 1 saturated heterocycles. The van der Waals surface area contributed by atoms with E-state index in [0.717, 1.165) is 54.8 Å². The number of anilines is 1. The summed E-state index contributed by atoms with van der Waals surface area (Å²) in [7, 11) is 4.17. The van der Waals surface area contributed by atoms with E-state index in [2.05, 4.69) is 56.8 Å². The number of rotatable bonds is 2. The van der Waals surface area contributed by atoms with Crippen LogP contribution in [0.1, 0.15) is 70.3 Å². The fraction of sp³-hybridized carbons (Fsp3) is 0.633. The van der Waals surface area contributed by atoms with Crippen molar-refractivity contribution in [2.24, 2.45) is 29.1 Å². The molecule has 1 aliphatic heterocycles. The Bertz CT molecular complexity index is 1040. The number of ketones is 1. The van der Waals surface area contributed by atoms with Crippen LogP contribution in [0.25, 0.3) is 5.57 Å². The van der Waals surface area contributed by atoms with Crippen molar-refractivity contribution in [3.05, 3.63) is 47.6 Å². The second-order valence-corrected chi connectivity index (χ2v) is 11.9. The lowest BCUT2D eigenvalue weighted by Crippen LogP contribution is -2.53. The number of hydrogen-bond donors (Lipinski definition) is 0. The molecule has 0 N–H and O–H groups in total. The largest absolute Gasteiger partial charge is 0.377 e. The Balaban J connectivity index is 1.37. The van der Waals surface area contributed by atoms with Crippen LogP contribution in [0.4, 0.5) is 5.69 Å². The minimum Gasteiger partial charge on any atom is -0.377 e. The van der Waals surface area contributed by atoms with Crippen molar-refractivity contribution in [3.8, 4) is 0 Å². The third-order valence-corrected chi connectivity index (χ3v) is 10.6. The van der Waals surface area contributed by atoms with Crippen molar-refractivity contribution in [2.75, 3.05) is 25.6 Å².